The Bertz CT molecular complexity index is 931. The number of hydrogen-bond acceptors (Lipinski definition) is 3. The molecule has 1 heterocycles. The van der Waals surface area contributed by atoms with E-state index in [4.69, 9.17) is 23.2 Å². The van der Waals surface area contributed by atoms with Gasteiger partial charge in [-0.2, -0.15) is 13.2 Å². The van der Waals surface area contributed by atoms with Crippen molar-refractivity contribution < 1.29 is 27.5 Å². The average molecular weight is 465 g/mol. The summed E-state index contributed by atoms with van der Waals surface area (Å²) in [6.45, 7) is 0. The smallest absolute Gasteiger partial charge is 0.387 e. The van der Waals surface area contributed by atoms with Crippen molar-refractivity contribution in [3.05, 3.63) is 63.4 Å². The first-order valence-electron chi connectivity index (χ1n) is 9.16. The monoisotopic (exact) mass is 464 g/mol. The number of nitrogens with zero attached hydrogens (tertiary/aromatic N) is 1. The number of alkyl halides is 4. The van der Waals surface area contributed by atoms with Gasteiger partial charge in [-0.15, -0.1) is 0 Å². The fourth-order valence-corrected chi connectivity index (χ4v) is 4.17. The summed E-state index contributed by atoms with van der Waals surface area (Å²) < 4.78 is 53.1. The number of aliphatic hydroxyl groups is 1. The van der Waals surface area contributed by atoms with Crippen LogP contribution in [0.3, 0.4) is 0 Å². The molecule has 1 fully saturated rings. The van der Waals surface area contributed by atoms with E-state index in [1.807, 2.05) is 0 Å². The van der Waals surface area contributed by atoms with Crippen LogP contribution < -0.4 is 5.32 Å². The molecule has 0 radical (unpaired) electrons. The van der Waals surface area contributed by atoms with Crippen molar-refractivity contribution in [2.45, 2.75) is 49.7 Å². The van der Waals surface area contributed by atoms with Gasteiger partial charge in [-0.3, -0.25) is 4.79 Å². The van der Waals surface area contributed by atoms with E-state index in [-0.39, 0.29) is 36.4 Å². The van der Waals surface area contributed by atoms with Gasteiger partial charge < -0.3 is 10.4 Å². The fourth-order valence-electron chi connectivity index (χ4n) is 3.62. The first-order chi connectivity index (χ1) is 14.0. The minimum atomic E-state index is -4.74. The van der Waals surface area contributed by atoms with Crippen LogP contribution in [-0.4, -0.2) is 27.8 Å². The maximum Gasteiger partial charge on any atom is 0.417 e. The van der Waals surface area contributed by atoms with Crippen molar-refractivity contribution in [3.63, 3.8) is 0 Å². The Kier molecular flexibility index (Phi) is 6.60. The summed E-state index contributed by atoms with van der Waals surface area (Å²) >= 11 is 12.0. The molecular formula is C20H18Cl2F4N2O2. The number of carbonyl (C=O) groups is 1. The molecule has 4 nitrogen and oxygen atoms in total. The van der Waals surface area contributed by atoms with Gasteiger partial charge in [-0.1, -0.05) is 35.3 Å². The highest BCUT2D eigenvalue weighted by Crippen LogP contribution is 2.42. The van der Waals surface area contributed by atoms with E-state index in [9.17, 15) is 27.5 Å². The maximum absolute atomic E-state index is 13.6. The van der Waals surface area contributed by atoms with Gasteiger partial charge >= 0.3 is 6.18 Å². The molecule has 1 amide bonds. The summed E-state index contributed by atoms with van der Waals surface area (Å²) in [6.07, 6.45) is -4.20. The van der Waals surface area contributed by atoms with Crippen LogP contribution >= 0.6 is 23.2 Å². The van der Waals surface area contributed by atoms with Crippen LogP contribution in [0.15, 0.2) is 36.5 Å². The zero-order chi connectivity index (χ0) is 22.1. The summed E-state index contributed by atoms with van der Waals surface area (Å²) in [6, 6.07) is 4.94. The van der Waals surface area contributed by atoms with E-state index in [0.29, 0.717) is 0 Å². The lowest BCUT2D eigenvalue weighted by molar-refractivity contribution is -0.137. The topological polar surface area (TPSA) is 62.2 Å². The summed E-state index contributed by atoms with van der Waals surface area (Å²) in [4.78, 5) is 16.8. The standard InChI is InChI=1S/C20H18Cl2F4N2O2/c21-15-12(3-1-5-14(15)20(24,25)26)18(29)28-16(13-4-2-10-27-17(13)22)19(30)8-6-11(23)7-9-19/h1-5,10-11,16,30H,6-9H2,(H,28,29)/t11-,16?,19-. The second kappa shape index (κ2) is 8.69. The lowest BCUT2D eigenvalue weighted by Crippen LogP contribution is -2.48. The third-order valence-corrected chi connectivity index (χ3v) is 5.96. The third-order valence-electron chi connectivity index (χ3n) is 5.24. The Morgan fingerprint density at radius 2 is 1.87 bits per heavy atom. The van der Waals surface area contributed by atoms with Gasteiger partial charge in [-0.25, -0.2) is 9.37 Å². The van der Waals surface area contributed by atoms with Crippen LogP contribution in [0.2, 0.25) is 10.2 Å². The van der Waals surface area contributed by atoms with Crippen molar-refractivity contribution in [1.29, 1.82) is 0 Å². The molecule has 0 spiro atoms. The highest BCUT2D eigenvalue weighted by atomic mass is 35.5. The molecule has 1 aromatic heterocycles. The van der Waals surface area contributed by atoms with Gasteiger partial charge in [0, 0.05) is 11.8 Å². The van der Waals surface area contributed by atoms with E-state index in [2.05, 4.69) is 10.3 Å². The molecule has 0 saturated heterocycles. The Morgan fingerprint density at radius 1 is 1.20 bits per heavy atom. The minimum absolute atomic E-state index is 0.00809. The number of carbonyl (C=O) groups excluding carboxylic acids is 1. The van der Waals surface area contributed by atoms with Gasteiger partial charge in [0.25, 0.3) is 5.91 Å². The SMILES string of the molecule is O=C(NC(c1cccnc1Cl)[C@]1(O)CC[C@H](F)CC1)c1cccc(C(F)(F)F)c1Cl. The quantitative estimate of drug-likeness (QED) is 0.462. The molecule has 2 N–H and O–H groups in total. The Hall–Kier alpha value is -1.90. The number of rotatable bonds is 4. The Balaban J connectivity index is 1.98. The first-order valence-corrected chi connectivity index (χ1v) is 9.92. The van der Waals surface area contributed by atoms with Gasteiger partial charge in [0.1, 0.15) is 11.3 Å². The zero-order valence-corrected chi connectivity index (χ0v) is 17.0. The molecule has 3 rings (SSSR count). The molecule has 1 saturated carbocycles. The first kappa shape index (κ1) is 22.8. The van der Waals surface area contributed by atoms with E-state index < -0.39 is 46.0 Å². The van der Waals surface area contributed by atoms with Crippen molar-refractivity contribution in [3.8, 4) is 0 Å². The number of aromatic nitrogens is 1. The second-order valence-corrected chi connectivity index (χ2v) is 7.97. The highest BCUT2D eigenvalue weighted by molar-refractivity contribution is 6.34. The summed E-state index contributed by atoms with van der Waals surface area (Å²) in [7, 11) is 0. The lowest BCUT2D eigenvalue weighted by Gasteiger charge is -2.40. The average Bonchev–Trinajstić information content (AvgIpc) is 2.68. The predicted molar refractivity (Wildman–Crippen MR) is 104 cm³/mol. The Labute approximate surface area is 180 Å². The van der Waals surface area contributed by atoms with Crippen molar-refractivity contribution in [2.24, 2.45) is 0 Å². The summed E-state index contributed by atoms with van der Waals surface area (Å²) in [5.41, 5.74) is -2.84. The molecule has 1 atom stereocenters. The predicted octanol–water partition coefficient (Wildman–Crippen LogP) is 5.52. The molecule has 0 bridgehead atoms. The van der Waals surface area contributed by atoms with Crippen LogP contribution in [0.5, 0.6) is 0 Å². The van der Waals surface area contributed by atoms with Crippen LogP contribution in [0.1, 0.15) is 53.2 Å². The molecule has 2 aromatic rings. The van der Waals surface area contributed by atoms with Crippen molar-refractivity contribution in [1.82, 2.24) is 10.3 Å². The van der Waals surface area contributed by atoms with Gasteiger partial charge in [-0.05, 0) is 43.9 Å². The van der Waals surface area contributed by atoms with Gasteiger partial charge in [0.15, 0.2) is 0 Å². The van der Waals surface area contributed by atoms with E-state index in [1.165, 1.54) is 12.3 Å². The van der Waals surface area contributed by atoms with Crippen LogP contribution in [0.25, 0.3) is 0 Å². The Morgan fingerprint density at radius 3 is 2.47 bits per heavy atom. The van der Waals surface area contributed by atoms with E-state index >= 15 is 0 Å². The largest absolute Gasteiger partial charge is 0.417 e. The number of nitrogens with one attached hydrogen (secondary N) is 1. The van der Waals surface area contributed by atoms with Gasteiger partial charge in [0.2, 0.25) is 0 Å². The van der Waals surface area contributed by atoms with Crippen molar-refractivity contribution in [2.75, 3.05) is 0 Å². The minimum Gasteiger partial charge on any atom is -0.387 e. The number of hydrogen-bond donors (Lipinski definition) is 2. The molecule has 1 unspecified atom stereocenters. The number of benzene rings is 1. The fraction of sp³-hybridized carbons (Fsp3) is 0.400. The maximum atomic E-state index is 13.6. The number of amides is 1. The van der Waals surface area contributed by atoms with E-state index in [1.54, 1.807) is 6.07 Å². The van der Waals surface area contributed by atoms with Crippen LogP contribution in [-0.2, 0) is 6.18 Å². The number of halogens is 6. The molecule has 1 aromatic carbocycles. The summed E-state index contributed by atoms with van der Waals surface area (Å²) in [5.74, 6) is -0.924. The highest BCUT2D eigenvalue weighted by Gasteiger charge is 2.43. The van der Waals surface area contributed by atoms with E-state index in [0.717, 1.165) is 18.2 Å². The molecular weight excluding hydrogens is 447 g/mol. The number of pyridine rings is 1. The molecule has 1 aliphatic rings. The third kappa shape index (κ3) is 4.71. The normalized spacial score (nSPS) is 23.1. The molecule has 1 aliphatic carbocycles. The molecule has 162 valence electrons. The molecule has 30 heavy (non-hydrogen) atoms. The molecule has 0 aliphatic heterocycles. The van der Waals surface area contributed by atoms with Crippen molar-refractivity contribution >= 4 is 29.1 Å². The van der Waals surface area contributed by atoms with Crippen LogP contribution in [0, 0.1) is 0 Å². The summed E-state index contributed by atoms with van der Waals surface area (Å²) in [5, 5.41) is 13.0. The van der Waals surface area contributed by atoms with Crippen LogP contribution in [0.4, 0.5) is 17.6 Å². The zero-order valence-electron chi connectivity index (χ0n) is 15.5. The molecule has 10 heteroatoms. The lowest BCUT2D eigenvalue weighted by atomic mass is 9.76. The second-order valence-electron chi connectivity index (χ2n) is 7.23. The van der Waals surface area contributed by atoms with Gasteiger partial charge in [0.05, 0.1) is 27.8 Å².